The SMILES string of the molecule is COc1cccc2sc(N(CC3CCCO3)C(=O)c3ccc(Cc4ccccc4)cc3)nc12. The van der Waals surface area contributed by atoms with Crippen molar-refractivity contribution in [2.45, 2.75) is 25.4 Å². The largest absolute Gasteiger partial charge is 0.494 e. The van der Waals surface area contributed by atoms with Crippen LogP contribution in [0.4, 0.5) is 5.13 Å². The molecule has 1 aliphatic rings. The lowest BCUT2D eigenvalue weighted by Crippen LogP contribution is -2.37. The number of ether oxygens (including phenoxy) is 2. The summed E-state index contributed by atoms with van der Waals surface area (Å²) in [7, 11) is 1.64. The first kappa shape index (κ1) is 21.6. The number of benzene rings is 3. The van der Waals surface area contributed by atoms with Crippen molar-refractivity contribution in [2.75, 3.05) is 25.2 Å². The Morgan fingerprint density at radius 1 is 1.06 bits per heavy atom. The van der Waals surface area contributed by atoms with Crippen LogP contribution in [0.25, 0.3) is 10.2 Å². The van der Waals surface area contributed by atoms with Gasteiger partial charge in [0.25, 0.3) is 5.91 Å². The van der Waals surface area contributed by atoms with Crippen LogP contribution < -0.4 is 9.64 Å². The third-order valence-corrected chi connectivity index (χ3v) is 6.97. The minimum absolute atomic E-state index is 0.0280. The molecule has 168 valence electrons. The van der Waals surface area contributed by atoms with Gasteiger partial charge in [-0.3, -0.25) is 9.69 Å². The van der Waals surface area contributed by atoms with E-state index in [9.17, 15) is 4.79 Å². The lowest BCUT2D eigenvalue weighted by molar-refractivity contribution is 0.0917. The first-order valence-electron chi connectivity index (χ1n) is 11.2. The number of nitrogens with zero attached hydrogens (tertiary/aromatic N) is 2. The van der Waals surface area contributed by atoms with E-state index in [1.54, 1.807) is 12.0 Å². The zero-order valence-electron chi connectivity index (χ0n) is 18.6. The van der Waals surface area contributed by atoms with Crippen molar-refractivity contribution in [3.63, 3.8) is 0 Å². The average Bonchev–Trinajstić information content (AvgIpc) is 3.53. The van der Waals surface area contributed by atoms with Crippen molar-refractivity contribution in [2.24, 2.45) is 0 Å². The van der Waals surface area contributed by atoms with E-state index in [0.29, 0.717) is 23.0 Å². The molecule has 1 amide bonds. The van der Waals surface area contributed by atoms with Crippen molar-refractivity contribution in [1.82, 2.24) is 4.98 Å². The molecule has 0 radical (unpaired) electrons. The van der Waals surface area contributed by atoms with E-state index in [2.05, 4.69) is 12.1 Å². The Bertz CT molecular complexity index is 1230. The monoisotopic (exact) mass is 458 g/mol. The number of rotatable bonds is 7. The highest BCUT2D eigenvalue weighted by atomic mass is 32.1. The van der Waals surface area contributed by atoms with E-state index in [4.69, 9.17) is 14.5 Å². The molecular weight excluding hydrogens is 432 g/mol. The predicted molar refractivity (Wildman–Crippen MR) is 133 cm³/mol. The van der Waals surface area contributed by atoms with Crippen LogP contribution in [0.15, 0.2) is 72.8 Å². The van der Waals surface area contributed by atoms with Gasteiger partial charge in [-0.15, -0.1) is 0 Å². The van der Waals surface area contributed by atoms with Crippen molar-refractivity contribution >= 4 is 32.6 Å². The Labute approximate surface area is 197 Å². The summed E-state index contributed by atoms with van der Waals surface area (Å²) in [6, 6.07) is 24.1. The summed E-state index contributed by atoms with van der Waals surface area (Å²) < 4.78 is 12.3. The number of anilines is 1. The first-order valence-corrected chi connectivity index (χ1v) is 12.0. The van der Waals surface area contributed by atoms with Crippen LogP contribution in [0, 0.1) is 0 Å². The number of methoxy groups -OCH3 is 1. The second kappa shape index (κ2) is 9.73. The van der Waals surface area contributed by atoms with Crippen LogP contribution >= 0.6 is 11.3 Å². The van der Waals surface area contributed by atoms with Crippen molar-refractivity contribution in [3.05, 3.63) is 89.5 Å². The maximum Gasteiger partial charge on any atom is 0.260 e. The molecular formula is C27H26N2O3S. The van der Waals surface area contributed by atoms with Gasteiger partial charge < -0.3 is 9.47 Å². The maximum absolute atomic E-state index is 13.6. The highest BCUT2D eigenvalue weighted by Gasteiger charge is 2.27. The molecule has 33 heavy (non-hydrogen) atoms. The molecule has 1 aliphatic heterocycles. The third kappa shape index (κ3) is 4.77. The Balaban J connectivity index is 1.43. The zero-order valence-corrected chi connectivity index (χ0v) is 19.4. The van der Waals surface area contributed by atoms with Gasteiger partial charge in [-0.2, -0.15) is 0 Å². The average molecular weight is 459 g/mol. The highest BCUT2D eigenvalue weighted by Crippen LogP contribution is 2.35. The summed E-state index contributed by atoms with van der Waals surface area (Å²) in [5.41, 5.74) is 3.85. The maximum atomic E-state index is 13.6. The van der Waals surface area contributed by atoms with Gasteiger partial charge in [0.05, 0.1) is 24.5 Å². The Morgan fingerprint density at radius 2 is 1.85 bits per heavy atom. The van der Waals surface area contributed by atoms with E-state index in [1.807, 2.05) is 60.7 Å². The fourth-order valence-corrected chi connectivity index (χ4v) is 5.17. The van der Waals surface area contributed by atoms with Crippen molar-refractivity contribution < 1.29 is 14.3 Å². The molecule has 0 aliphatic carbocycles. The van der Waals surface area contributed by atoms with Crippen molar-refractivity contribution in [1.29, 1.82) is 0 Å². The van der Waals surface area contributed by atoms with E-state index < -0.39 is 0 Å². The summed E-state index contributed by atoms with van der Waals surface area (Å²) >= 11 is 1.50. The Kier molecular flexibility index (Phi) is 6.37. The molecule has 3 aromatic carbocycles. The van der Waals surface area contributed by atoms with Crippen LogP contribution in [0.3, 0.4) is 0 Å². The molecule has 2 heterocycles. The van der Waals surface area contributed by atoms with Gasteiger partial charge in [0, 0.05) is 12.2 Å². The number of carbonyl (C=O) groups is 1. The van der Waals surface area contributed by atoms with Gasteiger partial charge in [0.1, 0.15) is 11.3 Å². The number of para-hydroxylation sites is 1. The topological polar surface area (TPSA) is 51.7 Å². The normalized spacial score (nSPS) is 15.6. The van der Waals surface area contributed by atoms with Gasteiger partial charge >= 0.3 is 0 Å². The number of carbonyl (C=O) groups excluding carboxylic acids is 1. The lowest BCUT2D eigenvalue weighted by atomic mass is 10.0. The molecule has 1 atom stereocenters. The van der Waals surface area contributed by atoms with Gasteiger partial charge in [0.2, 0.25) is 0 Å². The van der Waals surface area contributed by atoms with E-state index in [-0.39, 0.29) is 12.0 Å². The zero-order chi connectivity index (χ0) is 22.6. The molecule has 5 rings (SSSR count). The summed E-state index contributed by atoms with van der Waals surface area (Å²) in [6.45, 7) is 1.24. The van der Waals surface area contributed by atoms with Gasteiger partial charge in [-0.05, 0) is 54.7 Å². The fraction of sp³-hybridized carbons (Fsp3) is 0.259. The van der Waals surface area contributed by atoms with Crippen LogP contribution in [0.5, 0.6) is 5.75 Å². The van der Waals surface area contributed by atoms with Gasteiger partial charge in [-0.1, -0.05) is 59.9 Å². The quantitative estimate of drug-likeness (QED) is 0.355. The van der Waals surface area contributed by atoms with Crippen LogP contribution in [0.1, 0.15) is 34.3 Å². The van der Waals surface area contributed by atoms with Gasteiger partial charge in [-0.25, -0.2) is 4.98 Å². The number of amides is 1. The first-order chi connectivity index (χ1) is 16.2. The second-order valence-electron chi connectivity index (χ2n) is 8.21. The molecule has 0 N–H and O–H groups in total. The minimum Gasteiger partial charge on any atom is -0.494 e. The fourth-order valence-electron chi connectivity index (χ4n) is 4.18. The number of hydrogen-bond acceptors (Lipinski definition) is 5. The Morgan fingerprint density at radius 3 is 2.58 bits per heavy atom. The highest BCUT2D eigenvalue weighted by molar-refractivity contribution is 7.22. The van der Waals surface area contributed by atoms with Gasteiger partial charge in [0.15, 0.2) is 5.13 Å². The molecule has 5 nitrogen and oxygen atoms in total. The number of fused-ring (bicyclic) bond motifs is 1. The number of hydrogen-bond donors (Lipinski definition) is 0. The molecule has 1 aromatic heterocycles. The standard InChI is InChI=1S/C27H26N2O3S/c1-31-23-10-5-11-24-25(23)28-27(33-24)29(18-22-9-6-16-32-22)26(30)21-14-12-20(13-15-21)17-19-7-3-2-4-8-19/h2-5,7-8,10-15,22H,6,9,16-18H2,1H3. The van der Waals surface area contributed by atoms with E-state index >= 15 is 0 Å². The van der Waals surface area contributed by atoms with E-state index in [0.717, 1.165) is 36.1 Å². The molecule has 1 fully saturated rings. The smallest absolute Gasteiger partial charge is 0.260 e. The van der Waals surface area contributed by atoms with E-state index in [1.165, 1.54) is 22.5 Å². The molecule has 6 heteroatoms. The summed E-state index contributed by atoms with van der Waals surface area (Å²) in [5, 5.41) is 0.670. The Hall–Kier alpha value is -3.22. The molecule has 1 unspecified atom stereocenters. The van der Waals surface area contributed by atoms with Crippen LogP contribution in [-0.4, -0.2) is 37.3 Å². The van der Waals surface area contributed by atoms with Crippen LogP contribution in [0.2, 0.25) is 0 Å². The third-order valence-electron chi connectivity index (χ3n) is 5.93. The number of thiazole rings is 1. The molecule has 0 spiro atoms. The molecule has 0 saturated carbocycles. The molecule has 0 bridgehead atoms. The summed E-state index contributed by atoms with van der Waals surface area (Å²) in [6.07, 6.45) is 2.84. The summed E-state index contributed by atoms with van der Waals surface area (Å²) in [5.74, 6) is 0.652. The number of aromatic nitrogens is 1. The molecule has 4 aromatic rings. The predicted octanol–water partition coefficient (Wildman–Crippen LogP) is 5.72. The lowest BCUT2D eigenvalue weighted by Gasteiger charge is -2.23. The second-order valence-corrected chi connectivity index (χ2v) is 9.22. The molecule has 1 saturated heterocycles. The van der Waals surface area contributed by atoms with Crippen LogP contribution in [-0.2, 0) is 11.2 Å². The van der Waals surface area contributed by atoms with Crippen molar-refractivity contribution in [3.8, 4) is 5.75 Å². The summed E-state index contributed by atoms with van der Waals surface area (Å²) in [4.78, 5) is 20.2. The minimum atomic E-state index is -0.0604.